The molecule has 0 radical (unpaired) electrons. The zero-order chi connectivity index (χ0) is 11.0. The summed E-state index contributed by atoms with van der Waals surface area (Å²) in [5, 5.41) is 0. The standard InChI is InChI=1S/C12H10O4/c13-12-5-9(6-14-12)3-8-1-2-10-11(4-8)16-7-15-10/h1-2,4-5H,3,6-7H2. The molecular formula is C12H10O4. The molecule has 16 heavy (non-hydrogen) atoms. The van der Waals surface area contributed by atoms with Gasteiger partial charge in [-0.2, -0.15) is 0 Å². The Kier molecular flexibility index (Phi) is 2.06. The molecule has 1 aromatic carbocycles. The van der Waals surface area contributed by atoms with Gasteiger partial charge in [-0.15, -0.1) is 0 Å². The molecule has 0 amide bonds. The third kappa shape index (κ3) is 1.62. The Bertz CT molecular complexity index is 476. The number of esters is 1. The topological polar surface area (TPSA) is 44.8 Å². The molecule has 0 spiro atoms. The molecule has 0 aliphatic carbocycles. The first kappa shape index (κ1) is 9.27. The Morgan fingerprint density at radius 1 is 1.12 bits per heavy atom. The summed E-state index contributed by atoms with van der Waals surface area (Å²) in [6.45, 7) is 0.677. The van der Waals surface area contributed by atoms with Crippen LogP contribution in [0.4, 0.5) is 0 Å². The van der Waals surface area contributed by atoms with Gasteiger partial charge in [0.25, 0.3) is 0 Å². The van der Waals surface area contributed by atoms with Gasteiger partial charge in [-0.05, 0) is 29.7 Å². The number of fused-ring (bicyclic) bond motifs is 1. The minimum absolute atomic E-state index is 0.254. The van der Waals surface area contributed by atoms with E-state index in [9.17, 15) is 4.79 Å². The van der Waals surface area contributed by atoms with Crippen LogP contribution in [0.1, 0.15) is 5.56 Å². The van der Waals surface area contributed by atoms with E-state index in [-0.39, 0.29) is 12.8 Å². The fraction of sp³-hybridized carbons (Fsp3) is 0.250. The summed E-state index contributed by atoms with van der Waals surface area (Å²) >= 11 is 0. The summed E-state index contributed by atoms with van der Waals surface area (Å²) in [5.41, 5.74) is 2.08. The first-order valence-electron chi connectivity index (χ1n) is 5.06. The second-order valence-electron chi connectivity index (χ2n) is 3.77. The minimum Gasteiger partial charge on any atom is -0.458 e. The van der Waals surface area contributed by atoms with Gasteiger partial charge in [-0.3, -0.25) is 0 Å². The molecular weight excluding hydrogens is 208 g/mol. The summed E-state index contributed by atoms with van der Waals surface area (Å²) in [5.74, 6) is 1.29. The van der Waals surface area contributed by atoms with E-state index in [1.807, 2.05) is 18.2 Å². The van der Waals surface area contributed by atoms with Crippen LogP contribution in [-0.2, 0) is 16.0 Å². The lowest BCUT2D eigenvalue weighted by molar-refractivity contribution is -0.134. The number of benzene rings is 1. The largest absolute Gasteiger partial charge is 0.458 e. The molecule has 0 N–H and O–H groups in total. The van der Waals surface area contributed by atoms with Gasteiger partial charge < -0.3 is 14.2 Å². The Morgan fingerprint density at radius 2 is 2.00 bits per heavy atom. The van der Waals surface area contributed by atoms with Crippen LogP contribution in [0.2, 0.25) is 0 Å². The quantitative estimate of drug-likeness (QED) is 0.704. The number of hydrogen-bond donors (Lipinski definition) is 0. The predicted molar refractivity (Wildman–Crippen MR) is 55.3 cm³/mol. The molecule has 2 aliphatic rings. The van der Waals surface area contributed by atoms with E-state index in [1.165, 1.54) is 0 Å². The number of carbonyl (C=O) groups excluding carboxylic acids is 1. The zero-order valence-corrected chi connectivity index (χ0v) is 8.56. The van der Waals surface area contributed by atoms with Crippen LogP contribution in [0, 0.1) is 0 Å². The molecule has 4 nitrogen and oxygen atoms in total. The maximum absolute atomic E-state index is 10.9. The molecule has 1 aromatic rings. The van der Waals surface area contributed by atoms with Crippen LogP contribution in [-0.4, -0.2) is 19.4 Å². The molecule has 0 fully saturated rings. The van der Waals surface area contributed by atoms with Gasteiger partial charge in [-0.1, -0.05) is 6.07 Å². The maximum Gasteiger partial charge on any atom is 0.331 e. The second kappa shape index (κ2) is 3.56. The number of cyclic esters (lactones) is 1. The first-order valence-corrected chi connectivity index (χ1v) is 5.06. The van der Waals surface area contributed by atoms with E-state index in [4.69, 9.17) is 14.2 Å². The predicted octanol–water partition coefficient (Wildman–Crippen LogP) is 1.44. The highest BCUT2D eigenvalue weighted by atomic mass is 16.7. The van der Waals surface area contributed by atoms with Crippen LogP contribution in [0.15, 0.2) is 29.8 Å². The Morgan fingerprint density at radius 3 is 2.81 bits per heavy atom. The smallest absolute Gasteiger partial charge is 0.331 e. The second-order valence-corrected chi connectivity index (χ2v) is 3.77. The van der Waals surface area contributed by atoms with Gasteiger partial charge in [0.2, 0.25) is 6.79 Å². The summed E-state index contributed by atoms with van der Waals surface area (Å²) in [6, 6.07) is 5.79. The monoisotopic (exact) mass is 218 g/mol. The van der Waals surface area contributed by atoms with Crippen LogP contribution in [0.3, 0.4) is 0 Å². The Hall–Kier alpha value is -1.97. The van der Waals surface area contributed by atoms with Crippen molar-refractivity contribution in [3.8, 4) is 11.5 Å². The molecule has 0 atom stereocenters. The third-order valence-corrected chi connectivity index (χ3v) is 2.59. The average molecular weight is 218 g/mol. The SMILES string of the molecule is O=C1C=C(Cc2ccc3c(c2)OCO3)CO1. The Balaban J connectivity index is 1.80. The van der Waals surface area contributed by atoms with Crippen molar-refractivity contribution in [2.24, 2.45) is 0 Å². The van der Waals surface area contributed by atoms with Crippen molar-refractivity contribution in [3.63, 3.8) is 0 Å². The molecule has 2 aliphatic heterocycles. The molecule has 4 heteroatoms. The number of hydrogen-bond acceptors (Lipinski definition) is 4. The summed E-state index contributed by atoms with van der Waals surface area (Å²) < 4.78 is 15.4. The van der Waals surface area contributed by atoms with Crippen LogP contribution < -0.4 is 9.47 Å². The molecule has 0 bridgehead atoms. The summed E-state index contributed by atoms with van der Waals surface area (Å²) in [6.07, 6.45) is 2.26. The van der Waals surface area contributed by atoms with Crippen molar-refractivity contribution in [3.05, 3.63) is 35.4 Å². The number of ether oxygens (including phenoxy) is 3. The van der Waals surface area contributed by atoms with Gasteiger partial charge >= 0.3 is 5.97 Å². The summed E-state index contributed by atoms with van der Waals surface area (Å²) in [7, 11) is 0. The van der Waals surface area contributed by atoms with Crippen LogP contribution >= 0.6 is 0 Å². The van der Waals surface area contributed by atoms with Crippen molar-refractivity contribution in [2.45, 2.75) is 6.42 Å². The van der Waals surface area contributed by atoms with Crippen molar-refractivity contribution in [1.29, 1.82) is 0 Å². The molecule has 0 saturated heterocycles. The van der Waals surface area contributed by atoms with Crippen molar-refractivity contribution in [2.75, 3.05) is 13.4 Å². The zero-order valence-electron chi connectivity index (χ0n) is 8.56. The van der Waals surface area contributed by atoms with Crippen molar-refractivity contribution >= 4 is 5.97 Å². The van der Waals surface area contributed by atoms with E-state index in [1.54, 1.807) is 6.08 Å². The lowest BCUT2D eigenvalue weighted by atomic mass is 10.1. The third-order valence-electron chi connectivity index (χ3n) is 2.59. The van der Waals surface area contributed by atoms with E-state index >= 15 is 0 Å². The van der Waals surface area contributed by atoms with E-state index in [2.05, 4.69) is 0 Å². The number of carbonyl (C=O) groups is 1. The highest BCUT2D eigenvalue weighted by Gasteiger charge is 2.16. The van der Waals surface area contributed by atoms with E-state index < -0.39 is 0 Å². The van der Waals surface area contributed by atoms with Crippen LogP contribution in [0.25, 0.3) is 0 Å². The molecule has 82 valence electrons. The van der Waals surface area contributed by atoms with Gasteiger partial charge in [0.15, 0.2) is 11.5 Å². The molecule has 0 saturated carbocycles. The lowest BCUT2D eigenvalue weighted by Gasteiger charge is -2.02. The van der Waals surface area contributed by atoms with E-state index in [0.717, 1.165) is 22.6 Å². The molecule has 2 heterocycles. The molecule has 0 unspecified atom stereocenters. The number of rotatable bonds is 2. The average Bonchev–Trinajstić information content (AvgIpc) is 2.87. The minimum atomic E-state index is -0.254. The maximum atomic E-state index is 10.9. The summed E-state index contributed by atoms with van der Waals surface area (Å²) in [4.78, 5) is 10.9. The van der Waals surface area contributed by atoms with Gasteiger partial charge in [-0.25, -0.2) is 4.79 Å². The highest BCUT2D eigenvalue weighted by molar-refractivity contribution is 5.85. The normalized spacial score (nSPS) is 17.2. The van der Waals surface area contributed by atoms with Crippen molar-refractivity contribution < 1.29 is 19.0 Å². The first-order chi connectivity index (χ1) is 7.81. The van der Waals surface area contributed by atoms with Gasteiger partial charge in [0.05, 0.1) is 0 Å². The lowest BCUT2D eigenvalue weighted by Crippen LogP contribution is -1.94. The molecule has 0 aromatic heterocycles. The highest BCUT2D eigenvalue weighted by Crippen LogP contribution is 2.33. The fourth-order valence-corrected chi connectivity index (χ4v) is 1.83. The Labute approximate surface area is 92.4 Å². The fourth-order valence-electron chi connectivity index (χ4n) is 1.83. The van der Waals surface area contributed by atoms with Crippen molar-refractivity contribution in [1.82, 2.24) is 0 Å². The van der Waals surface area contributed by atoms with Gasteiger partial charge in [0.1, 0.15) is 6.61 Å². The van der Waals surface area contributed by atoms with Gasteiger partial charge in [0, 0.05) is 6.08 Å². The molecule has 3 rings (SSSR count). The van der Waals surface area contributed by atoms with Crippen LogP contribution in [0.5, 0.6) is 11.5 Å². The van der Waals surface area contributed by atoms with E-state index in [0.29, 0.717) is 13.0 Å².